The zero-order chi connectivity index (χ0) is 16.9. The molecule has 1 aromatic carbocycles. The number of anilines is 2. The number of carbonyl (C=O) groups is 1. The second-order valence-corrected chi connectivity index (χ2v) is 5.54. The molecule has 3 rings (SSSR count). The topological polar surface area (TPSA) is 78.2 Å². The number of para-hydroxylation sites is 2. The average Bonchev–Trinajstić information content (AvgIpc) is 2.64. The second kappa shape index (κ2) is 7.01. The molecule has 1 saturated heterocycles. The van der Waals surface area contributed by atoms with Crippen LogP contribution in [0.2, 0.25) is 0 Å². The van der Waals surface area contributed by atoms with Gasteiger partial charge in [0, 0.05) is 12.7 Å². The predicted molar refractivity (Wildman–Crippen MR) is 90.9 cm³/mol. The molecule has 24 heavy (non-hydrogen) atoms. The van der Waals surface area contributed by atoms with Crippen molar-refractivity contribution in [2.75, 3.05) is 23.9 Å². The molecule has 1 aromatic heterocycles. The van der Waals surface area contributed by atoms with Gasteiger partial charge < -0.3 is 15.0 Å². The highest BCUT2D eigenvalue weighted by atomic mass is 16.5. The molecule has 0 saturated carbocycles. The van der Waals surface area contributed by atoms with Crippen molar-refractivity contribution >= 4 is 17.4 Å². The lowest BCUT2D eigenvalue weighted by atomic mass is 10.0. The van der Waals surface area contributed by atoms with Crippen molar-refractivity contribution in [2.45, 2.75) is 18.9 Å². The Morgan fingerprint density at radius 2 is 2.17 bits per heavy atom. The molecule has 2 heterocycles. The summed E-state index contributed by atoms with van der Waals surface area (Å²) in [6, 6.07) is 12.6. The first-order valence-corrected chi connectivity index (χ1v) is 7.80. The van der Waals surface area contributed by atoms with Gasteiger partial charge in [-0.25, -0.2) is 4.98 Å². The number of nitrogens with one attached hydrogen (secondary N) is 1. The molecule has 1 N–H and O–H groups in total. The summed E-state index contributed by atoms with van der Waals surface area (Å²) in [5.74, 6) is 1.27. The van der Waals surface area contributed by atoms with Crippen LogP contribution in [0.5, 0.6) is 5.75 Å². The first-order chi connectivity index (χ1) is 11.7. The highest BCUT2D eigenvalue weighted by Crippen LogP contribution is 2.31. The number of aromatic nitrogens is 1. The number of nitriles is 1. The third kappa shape index (κ3) is 3.15. The Labute approximate surface area is 140 Å². The lowest BCUT2D eigenvalue weighted by molar-refractivity contribution is -0.120. The molecule has 1 aliphatic heterocycles. The van der Waals surface area contributed by atoms with Crippen LogP contribution < -0.4 is 15.0 Å². The minimum absolute atomic E-state index is 0.00286. The van der Waals surface area contributed by atoms with Crippen molar-refractivity contribution in [1.29, 1.82) is 5.26 Å². The number of hydrogen-bond acceptors (Lipinski definition) is 5. The standard InChI is InChI=1S/C18H18N4O2/c1-24-16-7-3-2-6-15(16)22-10-4-5-14(18(22)23)21-17-9-8-13(11-19)12-20-17/h2-3,6-9,12,14H,4-5,10H2,1H3,(H,20,21)/t14-/m0/s1. The van der Waals surface area contributed by atoms with E-state index >= 15 is 0 Å². The fraction of sp³-hybridized carbons (Fsp3) is 0.278. The fourth-order valence-electron chi connectivity index (χ4n) is 2.83. The lowest BCUT2D eigenvalue weighted by Gasteiger charge is -2.33. The number of benzene rings is 1. The smallest absolute Gasteiger partial charge is 0.249 e. The molecule has 0 spiro atoms. The Morgan fingerprint density at radius 1 is 1.33 bits per heavy atom. The van der Waals surface area contributed by atoms with Gasteiger partial charge in [-0.3, -0.25) is 4.79 Å². The number of carbonyl (C=O) groups excluding carboxylic acids is 1. The second-order valence-electron chi connectivity index (χ2n) is 5.54. The molecule has 0 unspecified atom stereocenters. The Kier molecular flexibility index (Phi) is 4.62. The Bertz CT molecular complexity index is 767. The normalized spacial score (nSPS) is 17.2. The minimum Gasteiger partial charge on any atom is -0.495 e. The number of pyridine rings is 1. The van der Waals surface area contributed by atoms with Gasteiger partial charge in [-0.05, 0) is 37.1 Å². The number of piperidine rings is 1. The Morgan fingerprint density at radius 3 is 2.88 bits per heavy atom. The maximum Gasteiger partial charge on any atom is 0.249 e. The molecule has 1 atom stereocenters. The molecular weight excluding hydrogens is 304 g/mol. The quantitative estimate of drug-likeness (QED) is 0.936. The van der Waals surface area contributed by atoms with E-state index in [1.165, 1.54) is 6.20 Å². The summed E-state index contributed by atoms with van der Waals surface area (Å²) in [5, 5.41) is 12.0. The molecule has 6 heteroatoms. The Balaban J connectivity index is 1.78. The summed E-state index contributed by atoms with van der Waals surface area (Å²) in [6.07, 6.45) is 3.12. The van der Waals surface area contributed by atoms with Crippen LogP contribution in [-0.2, 0) is 4.79 Å². The van der Waals surface area contributed by atoms with Crippen LogP contribution >= 0.6 is 0 Å². The molecule has 2 aromatic rings. The maximum atomic E-state index is 12.8. The first-order valence-electron chi connectivity index (χ1n) is 7.80. The molecule has 0 aliphatic carbocycles. The summed E-state index contributed by atoms with van der Waals surface area (Å²) >= 11 is 0. The highest BCUT2D eigenvalue weighted by molar-refractivity contribution is 6.00. The lowest BCUT2D eigenvalue weighted by Crippen LogP contribution is -2.48. The van der Waals surface area contributed by atoms with E-state index in [1.807, 2.05) is 30.3 Å². The average molecular weight is 322 g/mol. The van der Waals surface area contributed by atoms with Gasteiger partial charge in [0.05, 0.1) is 18.4 Å². The van der Waals surface area contributed by atoms with Crippen LogP contribution in [0, 0.1) is 11.3 Å². The minimum atomic E-state index is -0.343. The molecule has 1 amide bonds. The van der Waals surface area contributed by atoms with Crippen LogP contribution in [0.25, 0.3) is 0 Å². The van der Waals surface area contributed by atoms with Crippen molar-refractivity contribution in [2.24, 2.45) is 0 Å². The summed E-state index contributed by atoms with van der Waals surface area (Å²) < 4.78 is 5.37. The Hall–Kier alpha value is -3.07. The predicted octanol–water partition coefficient (Wildman–Crippen LogP) is 2.57. The number of methoxy groups -OCH3 is 1. The molecule has 6 nitrogen and oxygen atoms in total. The van der Waals surface area contributed by atoms with Gasteiger partial charge in [-0.2, -0.15) is 5.26 Å². The summed E-state index contributed by atoms with van der Waals surface area (Å²) in [6.45, 7) is 0.665. The van der Waals surface area contributed by atoms with Crippen molar-refractivity contribution < 1.29 is 9.53 Å². The van der Waals surface area contributed by atoms with Crippen LogP contribution in [-0.4, -0.2) is 30.6 Å². The summed E-state index contributed by atoms with van der Waals surface area (Å²) in [7, 11) is 1.60. The van der Waals surface area contributed by atoms with Gasteiger partial charge in [0.15, 0.2) is 0 Å². The van der Waals surface area contributed by atoms with E-state index in [2.05, 4.69) is 10.3 Å². The van der Waals surface area contributed by atoms with Gasteiger partial charge in [0.25, 0.3) is 0 Å². The van der Waals surface area contributed by atoms with Gasteiger partial charge >= 0.3 is 0 Å². The van der Waals surface area contributed by atoms with Crippen molar-refractivity contribution in [1.82, 2.24) is 4.98 Å². The monoisotopic (exact) mass is 322 g/mol. The number of hydrogen-bond donors (Lipinski definition) is 1. The number of ether oxygens (including phenoxy) is 1. The van der Waals surface area contributed by atoms with E-state index in [0.717, 1.165) is 18.5 Å². The highest BCUT2D eigenvalue weighted by Gasteiger charge is 2.31. The van der Waals surface area contributed by atoms with Gasteiger partial charge in [0.2, 0.25) is 5.91 Å². The van der Waals surface area contributed by atoms with E-state index in [1.54, 1.807) is 24.1 Å². The van der Waals surface area contributed by atoms with Crippen molar-refractivity contribution in [3.63, 3.8) is 0 Å². The van der Waals surface area contributed by atoms with Gasteiger partial charge in [-0.1, -0.05) is 12.1 Å². The van der Waals surface area contributed by atoms with E-state index in [4.69, 9.17) is 10.00 Å². The summed E-state index contributed by atoms with van der Waals surface area (Å²) in [4.78, 5) is 18.8. The first kappa shape index (κ1) is 15.8. The molecule has 1 aliphatic rings. The van der Waals surface area contributed by atoms with Crippen molar-refractivity contribution in [3.8, 4) is 11.8 Å². The molecular formula is C18H18N4O2. The van der Waals surface area contributed by atoms with E-state index in [9.17, 15) is 4.79 Å². The maximum absolute atomic E-state index is 12.8. The summed E-state index contributed by atoms with van der Waals surface area (Å²) in [5.41, 5.74) is 1.27. The molecule has 0 bridgehead atoms. The van der Waals surface area contributed by atoms with E-state index < -0.39 is 0 Å². The third-order valence-corrected chi connectivity index (χ3v) is 4.03. The van der Waals surface area contributed by atoms with E-state index in [0.29, 0.717) is 23.7 Å². The number of rotatable bonds is 4. The molecule has 0 radical (unpaired) electrons. The van der Waals surface area contributed by atoms with E-state index in [-0.39, 0.29) is 11.9 Å². The molecule has 122 valence electrons. The van der Waals surface area contributed by atoms with Crippen molar-refractivity contribution in [3.05, 3.63) is 48.2 Å². The number of amides is 1. The SMILES string of the molecule is COc1ccccc1N1CCC[C@H](Nc2ccc(C#N)cn2)C1=O. The largest absolute Gasteiger partial charge is 0.495 e. The van der Waals surface area contributed by atoms with Gasteiger partial charge in [-0.15, -0.1) is 0 Å². The van der Waals surface area contributed by atoms with Crippen LogP contribution in [0.15, 0.2) is 42.6 Å². The zero-order valence-electron chi connectivity index (χ0n) is 13.4. The molecule has 1 fully saturated rings. The van der Waals surface area contributed by atoms with Gasteiger partial charge in [0.1, 0.15) is 23.7 Å². The van der Waals surface area contributed by atoms with Crippen LogP contribution in [0.3, 0.4) is 0 Å². The number of nitrogens with zero attached hydrogens (tertiary/aromatic N) is 3. The van der Waals surface area contributed by atoms with Crippen LogP contribution in [0.1, 0.15) is 18.4 Å². The fourth-order valence-corrected chi connectivity index (χ4v) is 2.83. The third-order valence-electron chi connectivity index (χ3n) is 4.03. The zero-order valence-corrected chi connectivity index (χ0v) is 13.4. The van der Waals surface area contributed by atoms with Crippen LogP contribution in [0.4, 0.5) is 11.5 Å².